The van der Waals surface area contributed by atoms with E-state index in [0.717, 1.165) is 19.4 Å². The van der Waals surface area contributed by atoms with Crippen molar-refractivity contribution in [3.05, 3.63) is 70.5 Å². The smallest absolute Gasteiger partial charge is 0.407 e. The molecule has 1 saturated heterocycles. The zero-order valence-corrected chi connectivity index (χ0v) is 23.0. The molecule has 11 heteroatoms. The van der Waals surface area contributed by atoms with E-state index in [2.05, 4.69) is 31.2 Å². The minimum absolute atomic E-state index is 0.0348. The fourth-order valence-corrected chi connectivity index (χ4v) is 4.17. The highest BCUT2D eigenvalue weighted by molar-refractivity contribution is 6.31. The molecule has 3 rings (SSSR count). The van der Waals surface area contributed by atoms with Crippen LogP contribution in [0.5, 0.6) is 0 Å². The molecule has 0 radical (unpaired) electrons. The fraction of sp³-hybridized carbons (Fsp3) is 0.444. The van der Waals surface area contributed by atoms with Crippen molar-refractivity contribution in [2.45, 2.75) is 58.7 Å². The molecular formula is C27H36ClFN6O3. The van der Waals surface area contributed by atoms with Crippen LogP contribution in [0.3, 0.4) is 0 Å². The zero-order chi connectivity index (χ0) is 27.7. The van der Waals surface area contributed by atoms with Crippen LogP contribution in [0.4, 0.5) is 14.9 Å². The molecule has 1 fully saturated rings. The Labute approximate surface area is 228 Å². The van der Waals surface area contributed by atoms with Gasteiger partial charge in [0.15, 0.2) is 0 Å². The van der Waals surface area contributed by atoms with Gasteiger partial charge in [0.2, 0.25) is 0 Å². The van der Waals surface area contributed by atoms with E-state index in [-0.39, 0.29) is 18.5 Å². The first kappa shape index (κ1) is 29.2. The van der Waals surface area contributed by atoms with Crippen LogP contribution in [0.2, 0.25) is 5.02 Å². The Morgan fingerprint density at radius 3 is 2.63 bits per heavy atom. The Bertz CT molecular complexity index is 1140. The Balaban J connectivity index is 1.67. The number of halogens is 2. The molecule has 2 aromatic rings. The molecule has 1 unspecified atom stereocenters. The Hall–Kier alpha value is -3.37. The number of anilines is 1. The first-order valence-electron chi connectivity index (χ1n) is 12.6. The van der Waals surface area contributed by atoms with Crippen LogP contribution in [0, 0.1) is 5.82 Å². The van der Waals surface area contributed by atoms with Crippen LogP contribution >= 0.6 is 11.6 Å². The van der Waals surface area contributed by atoms with Gasteiger partial charge in [0.25, 0.3) is 5.91 Å². The summed E-state index contributed by atoms with van der Waals surface area (Å²) >= 11 is 6.22. The number of hydrogen-bond donors (Lipinski definition) is 4. The molecule has 9 nitrogen and oxygen atoms in total. The average Bonchev–Trinajstić information content (AvgIpc) is 2.84. The topological polar surface area (TPSA) is 108 Å². The van der Waals surface area contributed by atoms with Crippen molar-refractivity contribution in [2.24, 2.45) is 0 Å². The van der Waals surface area contributed by atoms with Crippen LogP contribution in [0.25, 0.3) is 0 Å². The van der Waals surface area contributed by atoms with Gasteiger partial charge in [0.05, 0.1) is 6.67 Å². The summed E-state index contributed by atoms with van der Waals surface area (Å²) in [6, 6.07) is 7.45. The van der Waals surface area contributed by atoms with E-state index in [0.29, 0.717) is 40.9 Å². The van der Waals surface area contributed by atoms with Gasteiger partial charge in [-0.05, 0) is 83.0 Å². The zero-order valence-electron chi connectivity index (χ0n) is 22.2. The molecule has 2 amide bonds. The van der Waals surface area contributed by atoms with E-state index in [1.807, 2.05) is 20.8 Å². The van der Waals surface area contributed by atoms with E-state index in [9.17, 15) is 14.0 Å². The van der Waals surface area contributed by atoms with Crippen LogP contribution in [-0.2, 0) is 16.1 Å². The van der Waals surface area contributed by atoms with Gasteiger partial charge in [-0.2, -0.15) is 0 Å². The summed E-state index contributed by atoms with van der Waals surface area (Å²) in [5.74, 6) is -0.774. The third kappa shape index (κ3) is 9.50. The number of benzene rings is 1. The number of ether oxygens (including phenoxy) is 1. The van der Waals surface area contributed by atoms with E-state index in [1.165, 1.54) is 18.2 Å². The lowest BCUT2D eigenvalue weighted by molar-refractivity contribution is -0.113. The van der Waals surface area contributed by atoms with Crippen molar-refractivity contribution in [3.63, 3.8) is 0 Å². The van der Waals surface area contributed by atoms with Gasteiger partial charge >= 0.3 is 6.09 Å². The van der Waals surface area contributed by atoms with Crippen LogP contribution in [-0.4, -0.2) is 53.3 Å². The number of nitrogens with one attached hydrogen (secondary N) is 4. The number of likely N-dealkylation sites (tertiary alicyclic amines) is 1. The SMILES string of the molecule is C/C(NCN1CCCC(NC(=O)OC(C)(C)C)C1)=C(/NCc1cc(F)ccc1Cl)C(=O)Nc1ccncc1. The number of piperidine rings is 1. The first-order valence-corrected chi connectivity index (χ1v) is 12.9. The summed E-state index contributed by atoms with van der Waals surface area (Å²) in [6.07, 6.45) is 4.52. The number of carbonyl (C=O) groups is 2. The predicted octanol–water partition coefficient (Wildman–Crippen LogP) is 4.37. The van der Waals surface area contributed by atoms with E-state index in [4.69, 9.17) is 16.3 Å². The molecular weight excluding hydrogens is 511 g/mol. The van der Waals surface area contributed by atoms with Gasteiger partial charge in [-0.1, -0.05) is 11.6 Å². The van der Waals surface area contributed by atoms with Crippen molar-refractivity contribution in [2.75, 3.05) is 25.1 Å². The molecule has 206 valence electrons. The quantitative estimate of drug-likeness (QED) is 0.346. The van der Waals surface area contributed by atoms with Crippen molar-refractivity contribution in [1.82, 2.24) is 25.8 Å². The van der Waals surface area contributed by atoms with E-state index < -0.39 is 17.5 Å². The Morgan fingerprint density at radius 1 is 1.18 bits per heavy atom. The summed E-state index contributed by atoms with van der Waals surface area (Å²) < 4.78 is 19.1. The molecule has 0 aliphatic carbocycles. The summed E-state index contributed by atoms with van der Waals surface area (Å²) in [5.41, 5.74) is 1.46. The highest BCUT2D eigenvalue weighted by Gasteiger charge is 2.24. The van der Waals surface area contributed by atoms with Crippen LogP contribution in [0.1, 0.15) is 46.1 Å². The number of carbonyl (C=O) groups excluding carboxylic acids is 2. The lowest BCUT2D eigenvalue weighted by Gasteiger charge is -2.34. The largest absolute Gasteiger partial charge is 0.444 e. The van der Waals surface area contributed by atoms with Gasteiger partial charge in [-0.15, -0.1) is 0 Å². The number of aromatic nitrogens is 1. The maximum absolute atomic E-state index is 13.8. The molecule has 2 heterocycles. The molecule has 1 aromatic carbocycles. The van der Waals surface area contributed by atoms with Crippen molar-refractivity contribution in [3.8, 4) is 0 Å². The molecule has 38 heavy (non-hydrogen) atoms. The summed E-state index contributed by atoms with van der Waals surface area (Å²) in [6.45, 7) is 9.39. The van der Waals surface area contributed by atoms with Crippen molar-refractivity contribution >= 4 is 29.3 Å². The van der Waals surface area contributed by atoms with Crippen LogP contribution in [0.15, 0.2) is 54.1 Å². The summed E-state index contributed by atoms with van der Waals surface area (Å²) in [7, 11) is 0. The lowest BCUT2D eigenvalue weighted by atomic mass is 10.1. The summed E-state index contributed by atoms with van der Waals surface area (Å²) in [4.78, 5) is 31.5. The lowest BCUT2D eigenvalue weighted by Crippen LogP contribution is -2.50. The predicted molar refractivity (Wildman–Crippen MR) is 146 cm³/mol. The van der Waals surface area contributed by atoms with Crippen molar-refractivity contribution < 1.29 is 18.7 Å². The Kier molecular flexibility index (Phi) is 10.3. The molecule has 1 aromatic heterocycles. The second kappa shape index (κ2) is 13.4. The number of nitrogens with zero attached hydrogens (tertiary/aromatic N) is 2. The average molecular weight is 547 g/mol. The highest BCUT2D eigenvalue weighted by atomic mass is 35.5. The second-order valence-electron chi connectivity index (χ2n) is 10.2. The van der Waals surface area contributed by atoms with E-state index in [1.54, 1.807) is 31.5 Å². The highest BCUT2D eigenvalue weighted by Crippen LogP contribution is 2.18. The number of hydrogen-bond acceptors (Lipinski definition) is 7. The normalized spacial score (nSPS) is 16.7. The molecule has 0 saturated carbocycles. The number of amides is 2. The third-order valence-electron chi connectivity index (χ3n) is 5.80. The van der Waals surface area contributed by atoms with Crippen LogP contribution < -0.4 is 21.3 Å². The maximum atomic E-state index is 13.8. The molecule has 1 aliphatic rings. The minimum Gasteiger partial charge on any atom is -0.444 e. The number of rotatable bonds is 9. The minimum atomic E-state index is -0.558. The van der Waals surface area contributed by atoms with Gasteiger partial charge in [0.1, 0.15) is 17.1 Å². The van der Waals surface area contributed by atoms with E-state index >= 15 is 0 Å². The standard InChI is InChI=1S/C27H36ClFN6O3/c1-18(32-17-35-13-5-6-22(16-35)34-26(37)38-27(2,3)4)24(25(36)33-21-9-11-30-12-10-21)31-15-19-14-20(29)7-8-23(19)28/h7-12,14,22,31-32H,5-6,13,15-17H2,1-4H3,(H,34,37)(H,30,33,36)/b24-18-. The second-order valence-corrected chi connectivity index (χ2v) is 10.6. The monoisotopic (exact) mass is 546 g/mol. The maximum Gasteiger partial charge on any atom is 0.407 e. The van der Waals surface area contributed by atoms with Gasteiger partial charge in [-0.25, -0.2) is 9.18 Å². The number of pyridine rings is 1. The first-order chi connectivity index (χ1) is 18.0. The van der Waals surface area contributed by atoms with Gasteiger partial charge in [-0.3, -0.25) is 14.7 Å². The fourth-order valence-electron chi connectivity index (χ4n) is 3.98. The van der Waals surface area contributed by atoms with Gasteiger partial charge in [0, 0.05) is 47.9 Å². The summed E-state index contributed by atoms with van der Waals surface area (Å²) in [5, 5.41) is 12.6. The Morgan fingerprint density at radius 2 is 1.92 bits per heavy atom. The number of allylic oxidation sites excluding steroid dienone is 1. The van der Waals surface area contributed by atoms with Crippen molar-refractivity contribution in [1.29, 1.82) is 0 Å². The molecule has 0 bridgehead atoms. The third-order valence-corrected chi connectivity index (χ3v) is 6.17. The van der Waals surface area contributed by atoms with Gasteiger partial charge < -0.3 is 26.0 Å². The molecule has 1 aliphatic heterocycles. The number of alkyl carbamates (subject to hydrolysis) is 1. The molecule has 4 N–H and O–H groups in total. The molecule has 0 spiro atoms. The molecule has 1 atom stereocenters.